The van der Waals surface area contributed by atoms with Gasteiger partial charge in [-0.05, 0) is 158 Å². The molecule has 0 atom stereocenters. The highest BCUT2D eigenvalue weighted by Gasteiger charge is 2.15. The molecule has 0 nitrogen and oxygen atoms in total. The largest absolute Gasteiger partial charge is 0.0622 e. The summed E-state index contributed by atoms with van der Waals surface area (Å²) in [4.78, 5) is 0. The molecule has 0 amide bonds. The van der Waals surface area contributed by atoms with E-state index in [-0.39, 0.29) is 0 Å². The lowest BCUT2D eigenvalue weighted by molar-refractivity contribution is 0.867. The topological polar surface area (TPSA) is 0 Å². The Morgan fingerprint density at radius 3 is 0.867 bits per heavy atom. The van der Waals surface area contributed by atoms with Crippen LogP contribution in [0.2, 0.25) is 0 Å². The summed E-state index contributed by atoms with van der Waals surface area (Å²) in [6.45, 7) is 9.17. The Labute approximate surface area is 354 Å². The average Bonchev–Trinajstić information content (AvgIpc) is 3.31. The van der Waals surface area contributed by atoms with E-state index in [4.69, 9.17) is 0 Å². The van der Waals surface area contributed by atoms with Gasteiger partial charge in [0.15, 0.2) is 0 Å². The second kappa shape index (κ2) is 15.6. The molecular weight excluding hydrogens is 721 g/mol. The molecular formula is C60H48. The van der Waals surface area contributed by atoms with Crippen LogP contribution in [0.15, 0.2) is 206 Å². The summed E-state index contributed by atoms with van der Waals surface area (Å²) >= 11 is 0. The highest BCUT2D eigenvalue weighted by Crippen LogP contribution is 2.40. The van der Waals surface area contributed by atoms with Crippen molar-refractivity contribution in [1.82, 2.24) is 0 Å². The van der Waals surface area contributed by atoms with E-state index >= 15 is 0 Å². The third-order valence-electron chi connectivity index (χ3n) is 12.4. The van der Waals surface area contributed by atoms with Crippen LogP contribution in [0.1, 0.15) is 50.7 Å². The Bertz CT molecular complexity index is 3020. The fraction of sp³-hybridized carbons (Fsp3) is 0.100. The summed E-state index contributed by atoms with van der Waals surface area (Å²) < 4.78 is 0. The maximum absolute atomic E-state index is 2.41. The van der Waals surface area contributed by atoms with E-state index in [0.717, 1.165) is 0 Å². The molecule has 0 unspecified atom stereocenters. The van der Waals surface area contributed by atoms with Gasteiger partial charge in [-0.25, -0.2) is 0 Å². The molecule has 0 aliphatic rings. The lowest BCUT2D eigenvalue weighted by Crippen LogP contribution is -1.94. The van der Waals surface area contributed by atoms with Crippen LogP contribution in [0.4, 0.5) is 0 Å². The van der Waals surface area contributed by atoms with Crippen LogP contribution in [0.5, 0.6) is 0 Å². The third kappa shape index (κ3) is 7.09. The lowest BCUT2D eigenvalue weighted by atomic mass is 9.87. The van der Waals surface area contributed by atoms with Gasteiger partial charge in [-0.3, -0.25) is 0 Å². The van der Waals surface area contributed by atoms with Crippen LogP contribution in [0.25, 0.3) is 99.1 Å². The minimum absolute atomic E-state index is 0.394. The molecule has 288 valence electrons. The molecule has 10 aromatic carbocycles. The highest BCUT2D eigenvalue weighted by atomic mass is 14.2. The lowest BCUT2D eigenvalue weighted by Gasteiger charge is -2.17. The Morgan fingerprint density at radius 2 is 0.467 bits per heavy atom. The normalized spacial score (nSPS) is 11.6. The van der Waals surface area contributed by atoms with Crippen LogP contribution >= 0.6 is 0 Å². The van der Waals surface area contributed by atoms with E-state index in [2.05, 4.69) is 234 Å². The monoisotopic (exact) mass is 768 g/mol. The molecule has 10 aromatic rings. The second-order valence-electron chi connectivity index (χ2n) is 17.0. The van der Waals surface area contributed by atoms with Crippen molar-refractivity contribution in [1.29, 1.82) is 0 Å². The number of hydrogen-bond acceptors (Lipinski definition) is 0. The fourth-order valence-electron chi connectivity index (χ4n) is 8.97. The van der Waals surface area contributed by atoms with Crippen LogP contribution in [-0.4, -0.2) is 0 Å². The molecule has 0 bridgehead atoms. The van der Waals surface area contributed by atoms with E-state index in [1.807, 2.05) is 0 Å². The van der Waals surface area contributed by atoms with Crippen LogP contribution in [-0.2, 0) is 0 Å². The molecule has 0 aromatic heterocycles. The van der Waals surface area contributed by atoms with Gasteiger partial charge in [-0.1, -0.05) is 198 Å². The standard InChI is InChI=1S/C60H48/c1-39(2)46-29-48(41-15-7-5-8-16-41)33-51(31-46)53-35-50(36-54(37-53)52-32-47(40(3)4)30-49(34-52)42-17-9-6-10-18-42)44-25-23-43(24-26-44)45-27-28-59-57-21-12-11-19-55(57)56-20-13-14-22-58(56)60(59)38-45/h5-40H,1-4H3. The van der Waals surface area contributed by atoms with Crippen molar-refractivity contribution in [2.24, 2.45) is 0 Å². The summed E-state index contributed by atoms with van der Waals surface area (Å²) in [6.07, 6.45) is 0. The zero-order valence-electron chi connectivity index (χ0n) is 34.8. The number of benzene rings is 10. The number of hydrogen-bond donors (Lipinski definition) is 0. The van der Waals surface area contributed by atoms with E-state index in [1.165, 1.54) is 110 Å². The minimum atomic E-state index is 0.394. The zero-order chi connectivity index (χ0) is 40.7. The number of fused-ring (bicyclic) bond motifs is 6. The summed E-state index contributed by atoms with van der Waals surface area (Å²) in [5.74, 6) is 0.788. The first-order chi connectivity index (χ1) is 29.4. The predicted molar refractivity (Wildman–Crippen MR) is 260 cm³/mol. The molecule has 0 heterocycles. The second-order valence-corrected chi connectivity index (χ2v) is 17.0. The fourth-order valence-corrected chi connectivity index (χ4v) is 8.97. The highest BCUT2D eigenvalue weighted by molar-refractivity contribution is 6.25. The van der Waals surface area contributed by atoms with Crippen LogP contribution < -0.4 is 0 Å². The molecule has 0 aliphatic carbocycles. The molecule has 10 rings (SSSR count). The van der Waals surface area contributed by atoms with Gasteiger partial charge < -0.3 is 0 Å². The van der Waals surface area contributed by atoms with Gasteiger partial charge in [0.05, 0.1) is 0 Å². The van der Waals surface area contributed by atoms with Crippen LogP contribution in [0, 0.1) is 0 Å². The Hall–Kier alpha value is -7.02. The van der Waals surface area contributed by atoms with Gasteiger partial charge in [0.2, 0.25) is 0 Å². The Balaban J connectivity index is 1.12. The summed E-state index contributed by atoms with van der Waals surface area (Å²) in [7, 11) is 0. The van der Waals surface area contributed by atoms with E-state index in [0.29, 0.717) is 11.8 Å². The predicted octanol–water partition coefficient (Wildman–Crippen LogP) is 17.4. The van der Waals surface area contributed by atoms with Crippen molar-refractivity contribution >= 4 is 32.3 Å². The van der Waals surface area contributed by atoms with Crippen molar-refractivity contribution in [2.45, 2.75) is 39.5 Å². The van der Waals surface area contributed by atoms with Crippen LogP contribution in [0.3, 0.4) is 0 Å². The third-order valence-corrected chi connectivity index (χ3v) is 12.4. The van der Waals surface area contributed by atoms with E-state index < -0.39 is 0 Å². The summed E-state index contributed by atoms with van der Waals surface area (Å²) in [5, 5.41) is 7.78. The Kier molecular flexibility index (Phi) is 9.70. The first-order valence-corrected chi connectivity index (χ1v) is 21.4. The van der Waals surface area contributed by atoms with Gasteiger partial charge in [0, 0.05) is 0 Å². The van der Waals surface area contributed by atoms with Gasteiger partial charge in [0.25, 0.3) is 0 Å². The summed E-state index contributed by atoms with van der Waals surface area (Å²) in [5.41, 5.74) is 17.4. The number of rotatable bonds is 8. The van der Waals surface area contributed by atoms with E-state index in [1.54, 1.807) is 0 Å². The minimum Gasteiger partial charge on any atom is -0.0622 e. The van der Waals surface area contributed by atoms with Crippen molar-refractivity contribution in [3.63, 3.8) is 0 Å². The SMILES string of the molecule is CC(C)c1cc(-c2ccccc2)cc(-c2cc(-c3ccc(-c4ccc5c6ccccc6c6ccccc6c5c4)cc3)cc(-c3cc(-c4ccccc4)cc(C(C)C)c3)c2)c1. The molecule has 0 aliphatic heterocycles. The van der Waals surface area contributed by atoms with Gasteiger partial charge in [-0.2, -0.15) is 0 Å². The Morgan fingerprint density at radius 1 is 0.200 bits per heavy atom. The van der Waals surface area contributed by atoms with Gasteiger partial charge >= 0.3 is 0 Å². The van der Waals surface area contributed by atoms with Crippen molar-refractivity contribution in [3.05, 3.63) is 217 Å². The molecule has 0 radical (unpaired) electrons. The average molecular weight is 769 g/mol. The van der Waals surface area contributed by atoms with Gasteiger partial charge in [-0.15, -0.1) is 0 Å². The smallest absolute Gasteiger partial charge is 0.00928 e. The molecule has 0 saturated heterocycles. The molecule has 0 N–H and O–H groups in total. The van der Waals surface area contributed by atoms with Crippen molar-refractivity contribution in [2.75, 3.05) is 0 Å². The molecule has 0 saturated carbocycles. The summed E-state index contributed by atoms with van der Waals surface area (Å²) in [6, 6.07) is 76.9. The van der Waals surface area contributed by atoms with E-state index in [9.17, 15) is 0 Å². The maximum Gasteiger partial charge on any atom is -0.00928 e. The quantitative estimate of drug-likeness (QED) is 0.135. The molecule has 0 spiro atoms. The first-order valence-electron chi connectivity index (χ1n) is 21.4. The molecule has 60 heavy (non-hydrogen) atoms. The zero-order valence-corrected chi connectivity index (χ0v) is 34.8. The van der Waals surface area contributed by atoms with Crippen molar-refractivity contribution < 1.29 is 0 Å². The molecule has 0 heteroatoms. The molecule has 0 fully saturated rings. The first kappa shape index (κ1) is 37.3. The van der Waals surface area contributed by atoms with Gasteiger partial charge in [0.1, 0.15) is 0 Å². The maximum atomic E-state index is 2.41. The van der Waals surface area contributed by atoms with Crippen molar-refractivity contribution in [3.8, 4) is 66.8 Å².